The summed E-state index contributed by atoms with van der Waals surface area (Å²) in [6.07, 6.45) is -4.35. The molecule has 0 aliphatic carbocycles. The summed E-state index contributed by atoms with van der Waals surface area (Å²) in [6.45, 7) is 6.39. The van der Waals surface area contributed by atoms with Crippen LogP contribution in [0.1, 0.15) is 22.5 Å². The van der Waals surface area contributed by atoms with E-state index in [4.69, 9.17) is 0 Å². The molecule has 1 aromatic heterocycles. The van der Waals surface area contributed by atoms with Crippen LogP contribution in [0.15, 0.2) is 0 Å². The average Bonchev–Trinajstić information content (AvgIpc) is 2.63. The van der Waals surface area contributed by atoms with Crippen LogP contribution in [-0.4, -0.2) is 35.6 Å². The third-order valence-electron chi connectivity index (χ3n) is 3.06. The van der Waals surface area contributed by atoms with Crippen LogP contribution in [0.25, 0.3) is 0 Å². The largest absolute Gasteiger partial charge is 0.434 e. The molecule has 102 valence electrons. The van der Waals surface area contributed by atoms with Crippen LogP contribution in [0.2, 0.25) is 0 Å². The molecule has 7 heteroatoms. The van der Waals surface area contributed by atoms with Crippen LogP contribution in [-0.2, 0) is 12.7 Å². The summed E-state index contributed by atoms with van der Waals surface area (Å²) in [5.41, 5.74) is -0.712. The molecule has 1 aromatic rings. The second-order valence-corrected chi connectivity index (χ2v) is 5.81. The molecular weight excluding hydrogens is 263 g/mol. The van der Waals surface area contributed by atoms with E-state index in [1.165, 1.54) is 0 Å². The van der Waals surface area contributed by atoms with E-state index in [2.05, 4.69) is 15.2 Å². The summed E-state index contributed by atoms with van der Waals surface area (Å²) in [6, 6.07) is 0.252. The van der Waals surface area contributed by atoms with Crippen molar-refractivity contribution < 1.29 is 13.2 Å². The summed E-state index contributed by atoms with van der Waals surface area (Å²) in [5, 5.41) is 3.70. The minimum atomic E-state index is -4.35. The Bertz CT molecular complexity index is 416. The van der Waals surface area contributed by atoms with Gasteiger partial charge in [-0.2, -0.15) is 13.2 Å². The van der Waals surface area contributed by atoms with Gasteiger partial charge in [0.15, 0.2) is 5.69 Å². The third-order valence-corrected chi connectivity index (χ3v) is 4.01. The van der Waals surface area contributed by atoms with Crippen molar-refractivity contribution in [3.05, 3.63) is 15.6 Å². The first-order valence-corrected chi connectivity index (χ1v) is 6.68. The van der Waals surface area contributed by atoms with Gasteiger partial charge in [0.2, 0.25) is 0 Å². The lowest BCUT2D eigenvalue weighted by Gasteiger charge is -2.33. The number of nitrogens with zero attached hydrogens (tertiary/aromatic N) is 2. The number of hydrogen-bond acceptors (Lipinski definition) is 4. The van der Waals surface area contributed by atoms with E-state index in [0.29, 0.717) is 16.4 Å². The zero-order chi connectivity index (χ0) is 13.3. The van der Waals surface area contributed by atoms with Crippen molar-refractivity contribution in [1.29, 1.82) is 0 Å². The predicted octanol–water partition coefficient (Wildman–Crippen LogP) is 2.26. The molecule has 1 N–H and O–H groups in total. The van der Waals surface area contributed by atoms with Gasteiger partial charge in [-0.05, 0) is 13.8 Å². The molecule has 0 saturated carbocycles. The summed E-state index contributed by atoms with van der Waals surface area (Å²) in [7, 11) is 0. The molecule has 1 saturated heterocycles. The summed E-state index contributed by atoms with van der Waals surface area (Å²) >= 11 is 1.14. The van der Waals surface area contributed by atoms with Crippen LogP contribution in [0.5, 0.6) is 0 Å². The van der Waals surface area contributed by atoms with Crippen LogP contribution in [0, 0.1) is 6.92 Å². The lowest BCUT2D eigenvalue weighted by Crippen LogP contribution is -2.49. The van der Waals surface area contributed by atoms with Gasteiger partial charge in [0.1, 0.15) is 0 Å². The number of halogens is 3. The second-order valence-electron chi connectivity index (χ2n) is 4.53. The zero-order valence-corrected chi connectivity index (χ0v) is 11.2. The number of aryl methyl sites for hydroxylation is 1. The quantitative estimate of drug-likeness (QED) is 0.900. The molecule has 0 amide bonds. The van der Waals surface area contributed by atoms with Gasteiger partial charge in [-0.3, -0.25) is 4.90 Å². The van der Waals surface area contributed by atoms with Gasteiger partial charge in [-0.15, -0.1) is 11.3 Å². The van der Waals surface area contributed by atoms with Crippen molar-refractivity contribution in [3.63, 3.8) is 0 Å². The van der Waals surface area contributed by atoms with E-state index in [9.17, 15) is 13.2 Å². The standard InChI is InChI=1S/C11H16F3N3S/c1-7-5-15-3-4-17(7)6-9-10(11(12,13)14)16-8(2)18-9/h7,15H,3-6H2,1-2H3. The molecule has 1 aliphatic heterocycles. The lowest BCUT2D eigenvalue weighted by molar-refractivity contribution is -0.141. The van der Waals surface area contributed by atoms with Gasteiger partial charge >= 0.3 is 6.18 Å². The number of aromatic nitrogens is 1. The molecule has 1 fully saturated rings. The molecule has 18 heavy (non-hydrogen) atoms. The minimum absolute atomic E-state index is 0.252. The molecule has 2 heterocycles. The highest BCUT2D eigenvalue weighted by Crippen LogP contribution is 2.35. The number of alkyl halides is 3. The van der Waals surface area contributed by atoms with Crippen LogP contribution in [0.3, 0.4) is 0 Å². The lowest BCUT2D eigenvalue weighted by atomic mass is 10.2. The van der Waals surface area contributed by atoms with E-state index in [1.54, 1.807) is 6.92 Å². The van der Waals surface area contributed by atoms with Crippen LogP contribution in [0.4, 0.5) is 13.2 Å². The molecule has 0 spiro atoms. The first-order valence-electron chi connectivity index (χ1n) is 5.86. The van der Waals surface area contributed by atoms with E-state index >= 15 is 0 Å². The molecule has 0 aromatic carbocycles. The Kier molecular flexibility index (Phi) is 3.93. The summed E-state index contributed by atoms with van der Waals surface area (Å²) in [5.74, 6) is 0. The van der Waals surface area contributed by atoms with E-state index in [-0.39, 0.29) is 6.04 Å². The Morgan fingerprint density at radius 1 is 1.50 bits per heavy atom. The zero-order valence-electron chi connectivity index (χ0n) is 10.3. The highest BCUT2D eigenvalue weighted by Gasteiger charge is 2.37. The minimum Gasteiger partial charge on any atom is -0.314 e. The number of rotatable bonds is 2. The van der Waals surface area contributed by atoms with Gasteiger partial charge in [0, 0.05) is 32.2 Å². The second kappa shape index (κ2) is 5.14. The summed E-state index contributed by atoms with van der Waals surface area (Å²) in [4.78, 5) is 6.02. The predicted molar refractivity (Wildman–Crippen MR) is 64.6 cm³/mol. The van der Waals surface area contributed by atoms with Gasteiger partial charge in [-0.25, -0.2) is 4.98 Å². The highest BCUT2D eigenvalue weighted by atomic mass is 32.1. The third kappa shape index (κ3) is 3.02. The normalized spacial score (nSPS) is 22.4. The van der Waals surface area contributed by atoms with Crippen LogP contribution < -0.4 is 5.32 Å². The molecule has 1 atom stereocenters. The van der Waals surface area contributed by atoms with Gasteiger partial charge in [0.25, 0.3) is 0 Å². The number of piperazine rings is 1. The Balaban J connectivity index is 2.18. The van der Waals surface area contributed by atoms with Gasteiger partial charge < -0.3 is 5.32 Å². The average molecular weight is 279 g/mol. The highest BCUT2D eigenvalue weighted by molar-refractivity contribution is 7.11. The fourth-order valence-corrected chi connectivity index (χ4v) is 3.08. The molecule has 1 unspecified atom stereocenters. The fourth-order valence-electron chi connectivity index (χ4n) is 2.10. The fraction of sp³-hybridized carbons (Fsp3) is 0.727. The Morgan fingerprint density at radius 2 is 2.22 bits per heavy atom. The van der Waals surface area contributed by atoms with Gasteiger partial charge in [-0.1, -0.05) is 0 Å². The Morgan fingerprint density at radius 3 is 2.83 bits per heavy atom. The van der Waals surface area contributed by atoms with Gasteiger partial charge in [0.05, 0.1) is 9.88 Å². The van der Waals surface area contributed by atoms with Crippen molar-refractivity contribution in [2.24, 2.45) is 0 Å². The monoisotopic (exact) mass is 279 g/mol. The first kappa shape index (κ1) is 13.8. The van der Waals surface area contributed by atoms with Crippen molar-refractivity contribution in [1.82, 2.24) is 15.2 Å². The number of hydrogen-bond donors (Lipinski definition) is 1. The van der Waals surface area contributed by atoms with Crippen molar-refractivity contribution in [2.75, 3.05) is 19.6 Å². The first-order chi connectivity index (χ1) is 8.38. The van der Waals surface area contributed by atoms with Crippen LogP contribution >= 0.6 is 11.3 Å². The smallest absolute Gasteiger partial charge is 0.314 e. The maximum absolute atomic E-state index is 12.8. The maximum atomic E-state index is 12.8. The van der Waals surface area contributed by atoms with Crippen molar-refractivity contribution in [3.8, 4) is 0 Å². The van der Waals surface area contributed by atoms with E-state index in [0.717, 1.165) is 31.0 Å². The maximum Gasteiger partial charge on any atom is 0.434 e. The SMILES string of the molecule is Cc1nc(C(F)(F)F)c(CN2CCNCC2C)s1. The molecule has 0 bridgehead atoms. The van der Waals surface area contributed by atoms with E-state index < -0.39 is 11.9 Å². The molecule has 2 rings (SSSR count). The molecular formula is C11H16F3N3S. The summed E-state index contributed by atoms with van der Waals surface area (Å²) < 4.78 is 38.5. The number of nitrogens with one attached hydrogen (secondary N) is 1. The van der Waals surface area contributed by atoms with E-state index in [1.807, 2.05) is 6.92 Å². The molecule has 3 nitrogen and oxygen atoms in total. The van der Waals surface area contributed by atoms with Crippen molar-refractivity contribution in [2.45, 2.75) is 32.6 Å². The Hall–Kier alpha value is -0.660. The topological polar surface area (TPSA) is 28.2 Å². The molecule has 1 aliphatic rings. The Labute approximate surface area is 108 Å². The van der Waals surface area contributed by atoms with Crippen molar-refractivity contribution >= 4 is 11.3 Å². The number of thiazole rings is 1. The molecule has 0 radical (unpaired) electrons.